The fraction of sp³-hybridized carbons (Fsp3) is 0.136. The number of hydrogen-bond donors (Lipinski definition) is 1. The minimum atomic E-state index is -1.34. The van der Waals surface area contributed by atoms with Gasteiger partial charge in [-0.15, -0.1) is 0 Å². The molecule has 0 bridgehead atoms. The average Bonchev–Trinajstić information content (AvgIpc) is 2.66. The van der Waals surface area contributed by atoms with Crippen LogP contribution in [-0.2, 0) is 0 Å². The van der Waals surface area contributed by atoms with Gasteiger partial charge in [-0.05, 0) is 50.2 Å². The molecule has 0 amide bonds. The zero-order valence-corrected chi connectivity index (χ0v) is 14.6. The summed E-state index contributed by atoms with van der Waals surface area (Å²) in [5, 5.41) is 12.5. The van der Waals surface area contributed by atoms with Gasteiger partial charge in [0.05, 0.1) is 16.7 Å². The summed E-state index contributed by atoms with van der Waals surface area (Å²) in [6.45, 7) is 4.02. The minimum absolute atomic E-state index is 0.236. The number of hydrogen-bond acceptors (Lipinski definition) is 4. The lowest BCUT2D eigenvalue weighted by Gasteiger charge is -2.10. The van der Waals surface area contributed by atoms with E-state index in [4.69, 9.17) is 0 Å². The van der Waals surface area contributed by atoms with Crippen molar-refractivity contribution < 1.29 is 9.90 Å². The molecule has 4 rings (SSSR count). The van der Waals surface area contributed by atoms with Crippen molar-refractivity contribution in [1.82, 2.24) is 9.97 Å². The van der Waals surface area contributed by atoms with Crippen LogP contribution in [0.15, 0.2) is 60.7 Å². The van der Waals surface area contributed by atoms with Crippen LogP contribution >= 0.6 is 0 Å². The third-order valence-electron chi connectivity index (χ3n) is 4.49. The Morgan fingerprint density at radius 2 is 1.38 bits per heavy atom. The molecule has 0 aliphatic heterocycles. The molecule has 0 aliphatic carbocycles. The molecule has 0 aliphatic rings. The van der Waals surface area contributed by atoms with Crippen molar-refractivity contribution in [3.05, 3.63) is 83.2 Å². The zero-order valence-electron chi connectivity index (χ0n) is 14.6. The van der Waals surface area contributed by atoms with Gasteiger partial charge in [0, 0.05) is 10.8 Å². The number of aryl methyl sites for hydroxylation is 2. The fourth-order valence-corrected chi connectivity index (χ4v) is 3.07. The molecule has 4 aromatic rings. The summed E-state index contributed by atoms with van der Waals surface area (Å²) in [7, 11) is 0. The van der Waals surface area contributed by atoms with Crippen LogP contribution in [-0.4, -0.2) is 20.9 Å². The smallest absolute Gasteiger partial charge is 0.215 e. The molecular formula is C22H18N2O2. The molecule has 26 heavy (non-hydrogen) atoms. The van der Waals surface area contributed by atoms with Gasteiger partial charge in [-0.25, -0.2) is 9.97 Å². The third kappa shape index (κ3) is 2.95. The number of fused-ring (bicyclic) bond motifs is 2. The van der Waals surface area contributed by atoms with Crippen LogP contribution in [0, 0.1) is 13.8 Å². The highest BCUT2D eigenvalue weighted by Gasteiger charge is 2.22. The molecule has 0 fully saturated rings. The highest BCUT2D eigenvalue weighted by molar-refractivity contribution is 6.00. The van der Waals surface area contributed by atoms with E-state index in [0.717, 1.165) is 32.9 Å². The molecule has 1 N–H and O–H groups in total. The van der Waals surface area contributed by atoms with Gasteiger partial charge < -0.3 is 5.11 Å². The van der Waals surface area contributed by atoms with Crippen molar-refractivity contribution in [2.75, 3.05) is 0 Å². The maximum atomic E-state index is 12.7. The number of rotatable bonds is 3. The van der Waals surface area contributed by atoms with E-state index < -0.39 is 11.9 Å². The number of nitrogens with zero attached hydrogens (tertiary/aromatic N) is 2. The van der Waals surface area contributed by atoms with Crippen LogP contribution in [0.25, 0.3) is 21.8 Å². The standard InChI is InChI=1S/C22H18N2O2/c1-13-3-7-17-15(11-13)5-9-19(23-17)21(25)22(26)20-10-6-16-12-14(2)4-8-18(16)24-20/h3-12,21,25H,1-2H3. The van der Waals surface area contributed by atoms with E-state index >= 15 is 0 Å². The summed E-state index contributed by atoms with van der Waals surface area (Å²) in [4.78, 5) is 21.5. The normalized spacial score (nSPS) is 12.4. The highest BCUT2D eigenvalue weighted by Crippen LogP contribution is 2.22. The van der Waals surface area contributed by atoms with Gasteiger partial charge in [-0.3, -0.25) is 4.79 Å². The first kappa shape index (κ1) is 16.4. The van der Waals surface area contributed by atoms with Crippen molar-refractivity contribution >= 4 is 27.6 Å². The molecule has 1 unspecified atom stereocenters. The lowest BCUT2D eigenvalue weighted by atomic mass is 10.0. The number of carbonyl (C=O) groups excluding carboxylic acids is 1. The number of Topliss-reactive ketones (excluding diaryl/α,β-unsaturated/α-hetero) is 1. The zero-order chi connectivity index (χ0) is 18.3. The van der Waals surface area contributed by atoms with Gasteiger partial charge in [0.2, 0.25) is 5.78 Å². The second kappa shape index (κ2) is 6.32. The van der Waals surface area contributed by atoms with E-state index in [-0.39, 0.29) is 5.69 Å². The average molecular weight is 342 g/mol. The van der Waals surface area contributed by atoms with Gasteiger partial charge in [0.1, 0.15) is 5.69 Å². The summed E-state index contributed by atoms with van der Waals surface area (Å²) in [6, 6.07) is 18.8. The second-order valence-electron chi connectivity index (χ2n) is 6.59. The maximum absolute atomic E-state index is 12.7. The van der Waals surface area contributed by atoms with E-state index in [2.05, 4.69) is 9.97 Å². The quantitative estimate of drug-likeness (QED) is 0.563. The molecule has 0 spiro atoms. The number of aromatic nitrogens is 2. The first-order valence-corrected chi connectivity index (χ1v) is 8.48. The molecule has 2 heterocycles. The molecule has 4 nitrogen and oxygen atoms in total. The van der Waals surface area contributed by atoms with E-state index in [1.54, 1.807) is 12.1 Å². The molecular weight excluding hydrogens is 324 g/mol. The molecule has 0 radical (unpaired) electrons. The number of aliphatic hydroxyl groups is 1. The Labute approximate surface area is 151 Å². The Hall–Kier alpha value is -3.11. The Morgan fingerprint density at radius 3 is 2.04 bits per heavy atom. The number of ketones is 1. The molecule has 0 saturated carbocycles. The lowest BCUT2D eigenvalue weighted by molar-refractivity contribution is 0.0735. The molecule has 1 atom stereocenters. The van der Waals surface area contributed by atoms with Crippen molar-refractivity contribution in [1.29, 1.82) is 0 Å². The van der Waals surface area contributed by atoms with Crippen molar-refractivity contribution in [2.45, 2.75) is 20.0 Å². The maximum Gasteiger partial charge on any atom is 0.215 e. The summed E-state index contributed by atoms with van der Waals surface area (Å²) in [5.41, 5.74) is 4.32. The lowest BCUT2D eigenvalue weighted by Crippen LogP contribution is -2.15. The van der Waals surface area contributed by atoms with Gasteiger partial charge in [0.15, 0.2) is 6.10 Å². The Balaban J connectivity index is 1.69. The first-order valence-electron chi connectivity index (χ1n) is 8.48. The molecule has 0 saturated heterocycles. The SMILES string of the molecule is Cc1ccc2nc(C(=O)C(O)c3ccc4cc(C)ccc4n3)ccc2c1. The van der Waals surface area contributed by atoms with Crippen LogP contribution in [0.4, 0.5) is 0 Å². The predicted octanol–water partition coefficient (Wildman–Crippen LogP) is 4.32. The van der Waals surface area contributed by atoms with Gasteiger partial charge in [-0.2, -0.15) is 0 Å². The molecule has 2 aromatic carbocycles. The van der Waals surface area contributed by atoms with Crippen LogP contribution in [0.5, 0.6) is 0 Å². The largest absolute Gasteiger partial charge is 0.378 e. The fourth-order valence-electron chi connectivity index (χ4n) is 3.07. The summed E-state index contributed by atoms with van der Waals surface area (Å²) >= 11 is 0. The number of aliphatic hydroxyl groups excluding tert-OH is 1. The Kier molecular flexibility index (Phi) is 3.98. The third-order valence-corrected chi connectivity index (χ3v) is 4.49. The van der Waals surface area contributed by atoms with E-state index in [1.165, 1.54) is 0 Å². The van der Waals surface area contributed by atoms with Crippen LogP contribution < -0.4 is 0 Å². The van der Waals surface area contributed by atoms with Gasteiger partial charge in [-0.1, -0.05) is 35.4 Å². The van der Waals surface area contributed by atoms with Crippen LogP contribution in [0.1, 0.15) is 33.4 Å². The topological polar surface area (TPSA) is 63.1 Å². The monoisotopic (exact) mass is 342 g/mol. The van der Waals surface area contributed by atoms with Gasteiger partial charge >= 0.3 is 0 Å². The van der Waals surface area contributed by atoms with Crippen LogP contribution in [0.2, 0.25) is 0 Å². The second-order valence-corrected chi connectivity index (χ2v) is 6.59. The minimum Gasteiger partial charge on any atom is -0.378 e. The summed E-state index contributed by atoms with van der Waals surface area (Å²) in [6.07, 6.45) is -1.34. The number of pyridine rings is 2. The van der Waals surface area contributed by atoms with Crippen molar-refractivity contribution in [3.63, 3.8) is 0 Å². The molecule has 2 aromatic heterocycles. The van der Waals surface area contributed by atoms with E-state index in [0.29, 0.717) is 5.69 Å². The predicted molar refractivity (Wildman–Crippen MR) is 102 cm³/mol. The number of benzene rings is 2. The number of carbonyl (C=O) groups is 1. The van der Waals surface area contributed by atoms with E-state index in [9.17, 15) is 9.90 Å². The van der Waals surface area contributed by atoms with Gasteiger partial charge in [0.25, 0.3) is 0 Å². The first-order chi connectivity index (χ1) is 12.5. The Morgan fingerprint density at radius 1 is 0.808 bits per heavy atom. The van der Waals surface area contributed by atoms with Crippen LogP contribution in [0.3, 0.4) is 0 Å². The highest BCUT2D eigenvalue weighted by atomic mass is 16.3. The summed E-state index contributed by atoms with van der Waals surface area (Å²) in [5.74, 6) is -0.452. The molecule has 128 valence electrons. The van der Waals surface area contributed by atoms with Crippen molar-refractivity contribution in [3.8, 4) is 0 Å². The summed E-state index contributed by atoms with van der Waals surface area (Å²) < 4.78 is 0. The van der Waals surface area contributed by atoms with E-state index in [1.807, 2.05) is 62.4 Å². The Bertz CT molecular complexity index is 1150. The molecule has 4 heteroatoms. The van der Waals surface area contributed by atoms with Crippen molar-refractivity contribution in [2.24, 2.45) is 0 Å².